The number of carbonyl (C=O) groups excluding carboxylic acids is 5. The summed E-state index contributed by atoms with van der Waals surface area (Å²) in [5.41, 5.74) is 13.9. The monoisotopic (exact) mass is 840 g/mol. The van der Waals surface area contributed by atoms with Crippen LogP contribution in [0.1, 0.15) is 80.9 Å². The molecule has 2 saturated heterocycles. The van der Waals surface area contributed by atoms with Gasteiger partial charge in [0.2, 0.25) is 23.6 Å². The second-order valence-corrected chi connectivity index (χ2v) is 16.0. The van der Waals surface area contributed by atoms with Crippen molar-refractivity contribution in [3.8, 4) is 0 Å². The molecule has 6 amide bonds. The van der Waals surface area contributed by atoms with E-state index in [0.717, 1.165) is 92.2 Å². The number of likely N-dealkylation sites (tertiary alicyclic amines) is 2. The van der Waals surface area contributed by atoms with Gasteiger partial charge in [-0.25, -0.2) is 15.8 Å². The number of nitrogens with one attached hydrogen (secondary N) is 4. The smallest absolute Gasteiger partial charge is 0.320 e. The van der Waals surface area contributed by atoms with Gasteiger partial charge >= 0.3 is 6.03 Å². The van der Waals surface area contributed by atoms with Crippen LogP contribution in [0.25, 0.3) is 10.9 Å². The summed E-state index contributed by atoms with van der Waals surface area (Å²) in [6.45, 7) is 5.56. The number of hydrogen-bond donors (Lipinski definition) is 7. The van der Waals surface area contributed by atoms with Crippen LogP contribution in [0.5, 0.6) is 0 Å². The first kappa shape index (κ1) is 47.7. The number of nitrogen functional groups attached to an aromatic ring is 1. The Hall–Kier alpha value is -5.93. The number of H-pyrrole nitrogens is 1. The Balaban J connectivity index is 0.000000230. The molecule has 0 spiro atoms. The third-order valence-electron chi connectivity index (χ3n) is 11.2. The maximum absolute atomic E-state index is 12.5. The molecule has 15 heteroatoms. The molecule has 61 heavy (non-hydrogen) atoms. The van der Waals surface area contributed by atoms with E-state index in [-0.39, 0.29) is 42.6 Å². The Morgan fingerprint density at radius 1 is 0.754 bits per heavy atom. The summed E-state index contributed by atoms with van der Waals surface area (Å²) in [6, 6.07) is 25.7. The molecule has 0 unspecified atom stereocenters. The van der Waals surface area contributed by atoms with Gasteiger partial charge in [-0.2, -0.15) is 0 Å². The average molecular weight is 841 g/mol. The molecule has 0 atom stereocenters. The van der Waals surface area contributed by atoms with E-state index in [1.54, 1.807) is 20.8 Å². The number of carbonyl (C=O) groups is 5. The summed E-state index contributed by atoms with van der Waals surface area (Å²) in [6.07, 6.45) is 9.89. The zero-order valence-corrected chi connectivity index (χ0v) is 35.6. The van der Waals surface area contributed by atoms with Gasteiger partial charge in [0.25, 0.3) is 0 Å². The number of aromatic nitrogens is 1. The predicted octanol–water partition coefficient (Wildman–Crippen LogP) is 5.94. The molecule has 4 aromatic rings. The molecular weight excluding hydrogens is 777 g/mol. The van der Waals surface area contributed by atoms with Gasteiger partial charge in [-0.1, -0.05) is 60.7 Å². The number of urea groups is 1. The van der Waals surface area contributed by atoms with Crippen LogP contribution < -0.4 is 22.0 Å². The lowest BCUT2D eigenvalue weighted by atomic mass is 9.91. The molecule has 0 bridgehead atoms. The Morgan fingerprint density at radius 3 is 1.89 bits per heavy atom. The Labute approximate surface area is 358 Å². The van der Waals surface area contributed by atoms with Crippen molar-refractivity contribution in [2.24, 2.45) is 11.8 Å². The fourth-order valence-electron chi connectivity index (χ4n) is 7.73. The highest BCUT2D eigenvalue weighted by molar-refractivity contribution is 5.90. The molecule has 6 rings (SSSR count). The SMILES string of the molecule is CN(Cc1ccccc1)C(=O)N1CCC(CCCC(=O)NO)CC1.Cc1cccc(N)c1.O=C(CCCC1CCN(C(=O)CNC(=O)Cc2c[nH]c3ccccc23)CC1)NO. The molecule has 8 N–H and O–H groups in total. The zero-order valence-electron chi connectivity index (χ0n) is 35.6. The van der Waals surface area contributed by atoms with Crippen molar-refractivity contribution >= 4 is 46.3 Å². The molecule has 2 aliphatic rings. The first-order valence-electron chi connectivity index (χ1n) is 21.3. The number of para-hydroxylation sites is 1. The molecule has 3 heterocycles. The van der Waals surface area contributed by atoms with E-state index in [1.807, 2.05) is 104 Å². The van der Waals surface area contributed by atoms with Crippen LogP contribution >= 0.6 is 0 Å². The summed E-state index contributed by atoms with van der Waals surface area (Å²) in [4.78, 5) is 67.8. The second kappa shape index (κ2) is 25.6. The fraction of sp³-hybridized carbons (Fsp3) is 0.457. The molecule has 0 saturated carbocycles. The maximum atomic E-state index is 12.5. The minimum Gasteiger partial charge on any atom is -0.399 e. The topological polar surface area (TPSA) is 213 Å². The van der Waals surface area contributed by atoms with Gasteiger partial charge in [0.15, 0.2) is 0 Å². The van der Waals surface area contributed by atoms with E-state index in [4.69, 9.17) is 16.1 Å². The molecule has 330 valence electrons. The maximum Gasteiger partial charge on any atom is 0.320 e. The summed E-state index contributed by atoms with van der Waals surface area (Å²) in [5.74, 6) is 0.128. The van der Waals surface area contributed by atoms with Gasteiger partial charge in [0, 0.05) is 75.4 Å². The van der Waals surface area contributed by atoms with E-state index in [9.17, 15) is 24.0 Å². The van der Waals surface area contributed by atoms with Crippen LogP contribution in [0.2, 0.25) is 0 Å². The molecule has 0 radical (unpaired) electrons. The quantitative estimate of drug-likeness (QED) is 0.0457. The largest absolute Gasteiger partial charge is 0.399 e. The highest BCUT2D eigenvalue weighted by atomic mass is 16.5. The standard InChI is InChI=1S/C21H28N4O4.C18H27N3O3.C7H9N/c26-19(24-29)7-3-4-15-8-10-25(11-9-15)21(28)14-23-20(27)12-16-13-22-18-6-2-1-5-17(16)18;1-20(14-16-6-3-2-4-7-16)18(23)21-12-10-15(11-13-21)8-5-9-17(22)19-24;1-6-3-2-4-7(8)5-6/h1-2,5-6,13,15,22,29H,3-4,7-12,14H2,(H,23,27)(H,24,26);2-4,6-7,15,24H,5,8-14H2,1H3,(H,19,22);2-5H,8H2,1H3. The van der Waals surface area contributed by atoms with Crippen LogP contribution in [0.4, 0.5) is 10.5 Å². The number of hydrogen-bond acceptors (Lipinski definition) is 8. The van der Waals surface area contributed by atoms with Gasteiger partial charge in [0.05, 0.1) is 13.0 Å². The first-order valence-corrected chi connectivity index (χ1v) is 21.3. The van der Waals surface area contributed by atoms with Gasteiger partial charge in [-0.3, -0.25) is 29.6 Å². The van der Waals surface area contributed by atoms with E-state index in [0.29, 0.717) is 44.3 Å². The minimum absolute atomic E-state index is 0.0164. The number of piperidine rings is 2. The van der Waals surface area contributed by atoms with Gasteiger partial charge in [0.1, 0.15) is 0 Å². The molecule has 2 fully saturated rings. The number of hydroxylamine groups is 2. The second-order valence-electron chi connectivity index (χ2n) is 16.0. The summed E-state index contributed by atoms with van der Waals surface area (Å²) < 4.78 is 0. The summed E-state index contributed by atoms with van der Waals surface area (Å²) >= 11 is 0. The number of anilines is 1. The first-order chi connectivity index (χ1) is 29.4. The number of nitrogens with two attached hydrogens (primary N) is 1. The molecule has 3 aromatic carbocycles. The molecule has 15 nitrogen and oxygen atoms in total. The van der Waals surface area contributed by atoms with Crippen LogP contribution in [-0.2, 0) is 32.1 Å². The van der Waals surface area contributed by atoms with Crippen molar-refractivity contribution in [2.45, 2.75) is 84.1 Å². The highest BCUT2D eigenvalue weighted by Crippen LogP contribution is 2.24. The normalized spacial score (nSPS) is 14.2. The van der Waals surface area contributed by atoms with Crippen LogP contribution in [0.3, 0.4) is 0 Å². The number of fused-ring (bicyclic) bond motifs is 1. The number of rotatable bonds is 14. The van der Waals surface area contributed by atoms with Crippen LogP contribution in [-0.4, -0.2) is 99.5 Å². The molecular formula is C46H64N8O7. The van der Waals surface area contributed by atoms with Crippen molar-refractivity contribution in [3.05, 3.63) is 102 Å². The number of nitrogens with zero attached hydrogens (tertiary/aromatic N) is 3. The minimum atomic E-state index is -0.360. The Bertz CT molecular complexity index is 1960. The third kappa shape index (κ3) is 16.9. The van der Waals surface area contributed by atoms with Crippen molar-refractivity contribution in [3.63, 3.8) is 0 Å². The van der Waals surface area contributed by atoms with E-state index in [1.165, 1.54) is 5.56 Å². The van der Waals surface area contributed by atoms with Crippen molar-refractivity contribution in [1.82, 2.24) is 36.0 Å². The van der Waals surface area contributed by atoms with E-state index < -0.39 is 0 Å². The lowest BCUT2D eigenvalue weighted by molar-refractivity contribution is -0.134. The zero-order chi connectivity index (χ0) is 44.0. The number of amides is 6. The Kier molecular flexibility index (Phi) is 20.1. The van der Waals surface area contributed by atoms with Crippen molar-refractivity contribution < 1.29 is 34.4 Å². The lowest BCUT2D eigenvalue weighted by Gasteiger charge is -2.34. The molecule has 0 aliphatic carbocycles. The molecule has 1 aromatic heterocycles. The van der Waals surface area contributed by atoms with Gasteiger partial charge in [-0.15, -0.1) is 0 Å². The fourth-order valence-corrected chi connectivity index (χ4v) is 7.73. The average Bonchev–Trinajstić information content (AvgIpc) is 3.68. The van der Waals surface area contributed by atoms with Gasteiger partial charge < -0.3 is 30.7 Å². The van der Waals surface area contributed by atoms with Crippen LogP contribution in [0.15, 0.2) is 85.1 Å². The van der Waals surface area contributed by atoms with Crippen molar-refractivity contribution in [2.75, 3.05) is 45.5 Å². The predicted molar refractivity (Wildman–Crippen MR) is 235 cm³/mol. The molecule has 2 aliphatic heterocycles. The van der Waals surface area contributed by atoms with Crippen LogP contribution in [0, 0.1) is 18.8 Å². The number of aromatic amines is 1. The Morgan fingerprint density at radius 2 is 1.33 bits per heavy atom. The van der Waals surface area contributed by atoms with E-state index in [2.05, 4.69) is 10.3 Å². The summed E-state index contributed by atoms with van der Waals surface area (Å²) in [7, 11) is 1.84. The highest BCUT2D eigenvalue weighted by Gasteiger charge is 2.25. The third-order valence-corrected chi connectivity index (χ3v) is 11.2. The summed E-state index contributed by atoms with van der Waals surface area (Å²) in [5, 5.41) is 20.7. The van der Waals surface area contributed by atoms with E-state index >= 15 is 0 Å². The van der Waals surface area contributed by atoms with Crippen molar-refractivity contribution in [1.29, 1.82) is 0 Å². The van der Waals surface area contributed by atoms with Gasteiger partial charge in [-0.05, 0) is 105 Å². The number of aryl methyl sites for hydroxylation is 1. The number of benzene rings is 3. The lowest BCUT2D eigenvalue weighted by Crippen LogP contribution is -2.45.